The number of piperidine rings is 1. The van der Waals surface area contributed by atoms with Crippen LogP contribution in [-0.4, -0.2) is 37.0 Å². The maximum Gasteiger partial charge on any atom is 0.220 e. The van der Waals surface area contributed by atoms with Crippen molar-refractivity contribution < 1.29 is 4.79 Å². The van der Waals surface area contributed by atoms with Crippen molar-refractivity contribution in [2.24, 2.45) is 0 Å². The van der Waals surface area contributed by atoms with Gasteiger partial charge in [0.15, 0.2) is 0 Å². The maximum absolute atomic E-state index is 12.1. The third kappa shape index (κ3) is 5.85. The second-order valence-corrected chi connectivity index (χ2v) is 6.24. The normalized spacial score (nSPS) is 17.9. The highest BCUT2D eigenvalue weighted by atomic mass is 35.5. The van der Waals surface area contributed by atoms with E-state index in [0.29, 0.717) is 12.5 Å². The molecule has 1 aliphatic rings. The van der Waals surface area contributed by atoms with Gasteiger partial charge in [-0.2, -0.15) is 0 Å². The molecule has 1 fully saturated rings. The molecular weight excluding hydrogens is 307 g/mol. The molecule has 5 heteroatoms. The Bertz CT molecular complexity index is 442. The summed E-state index contributed by atoms with van der Waals surface area (Å²) in [6.45, 7) is 4.22. The smallest absolute Gasteiger partial charge is 0.220 e. The van der Waals surface area contributed by atoms with E-state index in [4.69, 9.17) is 11.6 Å². The summed E-state index contributed by atoms with van der Waals surface area (Å²) in [5.41, 5.74) is 1.16. The minimum absolute atomic E-state index is 0. The lowest BCUT2D eigenvalue weighted by Crippen LogP contribution is -2.43. The van der Waals surface area contributed by atoms with Gasteiger partial charge in [-0.3, -0.25) is 4.79 Å². The van der Waals surface area contributed by atoms with Gasteiger partial charge in [-0.15, -0.1) is 12.4 Å². The molecule has 2 rings (SSSR count). The molecule has 1 aromatic rings. The van der Waals surface area contributed by atoms with Crippen LogP contribution in [0.5, 0.6) is 0 Å². The van der Waals surface area contributed by atoms with Crippen LogP contribution < -0.4 is 5.32 Å². The third-order valence-corrected chi connectivity index (χ3v) is 4.27. The van der Waals surface area contributed by atoms with Crippen molar-refractivity contribution in [3.05, 3.63) is 34.9 Å². The van der Waals surface area contributed by atoms with Gasteiger partial charge in [-0.25, -0.2) is 0 Å². The van der Waals surface area contributed by atoms with E-state index in [9.17, 15) is 4.79 Å². The van der Waals surface area contributed by atoms with Crippen LogP contribution >= 0.6 is 24.0 Å². The van der Waals surface area contributed by atoms with Gasteiger partial charge in [0.05, 0.1) is 0 Å². The third-order valence-electron chi connectivity index (χ3n) is 4.01. The molecule has 0 spiro atoms. The minimum atomic E-state index is 0. The Balaban J connectivity index is 0.00000220. The van der Waals surface area contributed by atoms with E-state index < -0.39 is 0 Å². The van der Waals surface area contributed by atoms with Gasteiger partial charge in [-0.1, -0.05) is 30.7 Å². The highest BCUT2D eigenvalue weighted by Gasteiger charge is 2.19. The Morgan fingerprint density at radius 1 is 1.33 bits per heavy atom. The molecule has 3 nitrogen and oxygen atoms in total. The van der Waals surface area contributed by atoms with Gasteiger partial charge in [0.1, 0.15) is 0 Å². The topological polar surface area (TPSA) is 32.3 Å². The van der Waals surface area contributed by atoms with Crippen LogP contribution in [0.25, 0.3) is 0 Å². The second-order valence-electron chi connectivity index (χ2n) is 5.80. The van der Waals surface area contributed by atoms with Crippen LogP contribution in [0.15, 0.2) is 24.3 Å². The van der Waals surface area contributed by atoms with Crippen LogP contribution in [-0.2, 0) is 4.79 Å². The quantitative estimate of drug-likeness (QED) is 0.916. The number of nitrogens with zero attached hydrogens (tertiary/aromatic N) is 1. The van der Waals surface area contributed by atoms with Crippen LogP contribution in [0.1, 0.15) is 37.7 Å². The monoisotopic (exact) mass is 330 g/mol. The largest absolute Gasteiger partial charge is 0.353 e. The number of nitrogens with one attached hydrogen (secondary N) is 1. The number of halogens is 2. The Morgan fingerprint density at radius 3 is 2.48 bits per heavy atom. The number of rotatable bonds is 4. The van der Waals surface area contributed by atoms with Crippen molar-refractivity contribution in [1.82, 2.24) is 10.2 Å². The van der Waals surface area contributed by atoms with E-state index in [1.165, 1.54) is 0 Å². The van der Waals surface area contributed by atoms with E-state index in [1.54, 1.807) is 0 Å². The first kappa shape index (κ1) is 18.3. The summed E-state index contributed by atoms with van der Waals surface area (Å²) in [4.78, 5) is 14.4. The number of amides is 1. The summed E-state index contributed by atoms with van der Waals surface area (Å²) in [5, 5.41) is 3.89. The predicted molar refractivity (Wildman–Crippen MR) is 90.4 cm³/mol. The van der Waals surface area contributed by atoms with E-state index >= 15 is 0 Å². The molecule has 1 saturated heterocycles. The molecule has 21 heavy (non-hydrogen) atoms. The van der Waals surface area contributed by atoms with E-state index in [1.807, 2.05) is 24.3 Å². The number of hydrogen-bond donors (Lipinski definition) is 1. The molecule has 1 aliphatic heterocycles. The summed E-state index contributed by atoms with van der Waals surface area (Å²) >= 11 is 5.88. The maximum atomic E-state index is 12.1. The Hall–Kier alpha value is -0.770. The zero-order valence-electron chi connectivity index (χ0n) is 12.6. The molecule has 0 aromatic heterocycles. The fourth-order valence-electron chi connectivity index (χ4n) is 2.63. The van der Waals surface area contributed by atoms with Crippen molar-refractivity contribution in [3.63, 3.8) is 0 Å². The molecular formula is C16H24Cl2N2O. The highest BCUT2D eigenvalue weighted by Crippen LogP contribution is 2.21. The van der Waals surface area contributed by atoms with E-state index in [-0.39, 0.29) is 24.2 Å². The summed E-state index contributed by atoms with van der Waals surface area (Å²) < 4.78 is 0. The average Bonchev–Trinajstić information content (AvgIpc) is 2.42. The van der Waals surface area contributed by atoms with Crippen LogP contribution in [0, 0.1) is 0 Å². The summed E-state index contributed by atoms with van der Waals surface area (Å²) in [6.07, 6.45) is 2.64. The first-order chi connectivity index (χ1) is 9.54. The first-order valence-corrected chi connectivity index (χ1v) is 7.66. The molecule has 118 valence electrons. The highest BCUT2D eigenvalue weighted by molar-refractivity contribution is 6.30. The number of hydrogen-bond acceptors (Lipinski definition) is 2. The zero-order valence-corrected chi connectivity index (χ0v) is 14.2. The molecule has 0 bridgehead atoms. The molecule has 0 radical (unpaired) electrons. The molecule has 0 aliphatic carbocycles. The second kappa shape index (κ2) is 8.62. The van der Waals surface area contributed by atoms with Gasteiger partial charge >= 0.3 is 0 Å². The van der Waals surface area contributed by atoms with Crippen molar-refractivity contribution >= 4 is 29.9 Å². The van der Waals surface area contributed by atoms with Crippen LogP contribution in [0.2, 0.25) is 5.02 Å². The Labute approximate surface area is 138 Å². The van der Waals surface area contributed by atoms with Gasteiger partial charge < -0.3 is 10.2 Å². The Kier molecular flexibility index (Phi) is 7.50. The fraction of sp³-hybridized carbons (Fsp3) is 0.562. The van der Waals surface area contributed by atoms with Crippen LogP contribution in [0.3, 0.4) is 0 Å². The molecule has 1 unspecified atom stereocenters. The van der Waals surface area contributed by atoms with E-state index in [2.05, 4.69) is 24.2 Å². The van der Waals surface area contributed by atoms with Crippen LogP contribution in [0.4, 0.5) is 0 Å². The lowest BCUT2D eigenvalue weighted by molar-refractivity contribution is -0.122. The lowest BCUT2D eigenvalue weighted by atomic mass is 9.97. The van der Waals surface area contributed by atoms with Gasteiger partial charge in [0, 0.05) is 17.5 Å². The van der Waals surface area contributed by atoms with Gasteiger partial charge in [-0.05, 0) is 56.6 Å². The summed E-state index contributed by atoms with van der Waals surface area (Å²) in [5.74, 6) is 0.375. The molecule has 0 saturated carbocycles. The SMILES string of the molecule is CC(CC(=O)NC1CCN(C)CC1)c1ccc(Cl)cc1.Cl. The van der Waals surface area contributed by atoms with Crippen molar-refractivity contribution in [1.29, 1.82) is 0 Å². The number of benzene rings is 1. The molecule has 1 N–H and O–H groups in total. The van der Waals surface area contributed by atoms with Crippen molar-refractivity contribution in [2.45, 2.75) is 38.1 Å². The van der Waals surface area contributed by atoms with Gasteiger partial charge in [0.2, 0.25) is 5.91 Å². The number of carbonyl (C=O) groups is 1. The molecule has 1 atom stereocenters. The fourth-order valence-corrected chi connectivity index (χ4v) is 2.75. The number of likely N-dealkylation sites (tertiary alicyclic amines) is 1. The lowest BCUT2D eigenvalue weighted by Gasteiger charge is -2.29. The average molecular weight is 331 g/mol. The van der Waals surface area contributed by atoms with E-state index in [0.717, 1.165) is 36.5 Å². The van der Waals surface area contributed by atoms with Crippen molar-refractivity contribution in [2.75, 3.05) is 20.1 Å². The first-order valence-electron chi connectivity index (χ1n) is 7.28. The number of carbonyl (C=O) groups excluding carboxylic acids is 1. The molecule has 1 aromatic carbocycles. The minimum Gasteiger partial charge on any atom is -0.353 e. The van der Waals surface area contributed by atoms with Crippen molar-refractivity contribution in [3.8, 4) is 0 Å². The molecule has 1 amide bonds. The molecule has 1 heterocycles. The Morgan fingerprint density at radius 2 is 1.90 bits per heavy atom. The van der Waals surface area contributed by atoms with Gasteiger partial charge in [0.25, 0.3) is 0 Å². The predicted octanol–water partition coefficient (Wildman–Crippen LogP) is 3.47. The summed E-state index contributed by atoms with van der Waals surface area (Å²) in [7, 11) is 2.13. The standard InChI is InChI=1S/C16H23ClN2O.ClH/c1-12(13-3-5-14(17)6-4-13)11-16(20)18-15-7-9-19(2)10-8-15;/h3-6,12,15H,7-11H2,1-2H3,(H,18,20);1H. The summed E-state index contributed by atoms with van der Waals surface area (Å²) in [6, 6.07) is 8.09. The zero-order chi connectivity index (χ0) is 14.5.